The molecule has 45 heavy (non-hydrogen) atoms. The maximum absolute atomic E-state index is 14.8. The van der Waals surface area contributed by atoms with Crippen LogP contribution in [0.2, 0.25) is 5.02 Å². The van der Waals surface area contributed by atoms with Crippen LogP contribution in [0.25, 0.3) is 10.8 Å². The first-order valence-corrected chi connectivity index (χ1v) is 16.7. The van der Waals surface area contributed by atoms with Crippen molar-refractivity contribution >= 4 is 55.6 Å². The molecule has 5 rings (SSSR count). The number of likely N-dealkylation sites (tertiary alicyclic amines) is 1. The number of sulfone groups is 1. The summed E-state index contributed by atoms with van der Waals surface area (Å²) in [6, 6.07) is 17.1. The number of pyridine rings is 1. The summed E-state index contributed by atoms with van der Waals surface area (Å²) in [5.74, 6) is -0.980. The van der Waals surface area contributed by atoms with E-state index in [1.165, 1.54) is 13.2 Å². The van der Waals surface area contributed by atoms with Crippen LogP contribution in [0.15, 0.2) is 77.8 Å². The Morgan fingerprint density at radius 1 is 1.11 bits per heavy atom. The van der Waals surface area contributed by atoms with Gasteiger partial charge in [0.25, 0.3) is 0 Å². The molecule has 0 aliphatic carbocycles. The van der Waals surface area contributed by atoms with Crippen LogP contribution < -0.4 is 15.8 Å². The Labute approximate surface area is 267 Å². The number of nitrogens with two attached hydrogens (primary N) is 1. The highest BCUT2D eigenvalue weighted by molar-refractivity contribution is 7.91. The number of methoxy groups -OCH3 is 1. The molecule has 1 aliphatic rings. The number of aromatic nitrogens is 1. The van der Waals surface area contributed by atoms with E-state index >= 15 is 0 Å². The zero-order chi connectivity index (χ0) is 32.3. The predicted molar refractivity (Wildman–Crippen MR) is 174 cm³/mol. The second kappa shape index (κ2) is 13.3. The van der Waals surface area contributed by atoms with Gasteiger partial charge in [-0.2, -0.15) is 0 Å². The lowest BCUT2D eigenvalue weighted by Crippen LogP contribution is -2.40. The molecule has 1 fully saturated rings. The standard InChI is InChI=1S/C33H35ClN4O6S/c1-4-44-33(40)25-15-17-38(30(25)24-8-6-7-9-28(24)45(41,42)5-2)32(39)29(21-10-13-26(34)27(19-21)43-3)37-22-11-12-23-20(18-22)14-16-36-31(23)35/h6-14,16,18-19,25,29-30,37H,4-5,15,17H2,1-3H3,(H2,35,36)/t25-,29+,30-/m0/s1. The van der Waals surface area contributed by atoms with E-state index in [9.17, 15) is 18.0 Å². The van der Waals surface area contributed by atoms with Gasteiger partial charge in [-0.3, -0.25) is 9.59 Å². The van der Waals surface area contributed by atoms with Crippen molar-refractivity contribution < 1.29 is 27.5 Å². The summed E-state index contributed by atoms with van der Waals surface area (Å²) < 4.78 is 37.3. The summed E-state index contributed by atoms with van der Waals surface area (Å²) in [4.78, 5) is 33.8. The van der Waals surface area contributed by atoms with Crippen molar-refractivity contribution in [1.82, 2.24) is 9.88 Å². The van der Waals surface area contributed by atoms with Gasteiger partial charge in [-0.05, 0) is 72.3 Å². The molecular weight excluding hydrogens is 616 g/mol. The van der Waals surface area contributed by atoms with Crippen LogP contribution in [0.4, 0.5) is 11.5 Å². The Morgan fingerprint density at radius 2 is 1.89 bits per heavy atom. The highest BCUT2D eigenvalue weighted by Gasteiger charge is 2.46. The van der Waals surface area contributed by atoms with E-state index in [1.807, 2.05) is 18.2 Å². The number of amides is 1. The number of carbonyl (C=O) groups is 2. The average Bonchev–Trinajstić information content (AvgIpc) is 3.49. The van der Waals surface area contributed by atoms with Crippen molar-refractivity contribution in [2.24, 2.45) is 5.92 Å². The molecule has 1 aromatic heterocycles. The number of nitrogen functional groups attached to an aromatic ring is 1. The molecular formula is C33H35ClN4O6S. The minimum Gasteiger partial charge on any atom is -0.495 e. The number of anilines is 2. The number of benzene rings is 3. The monoisotopic (exact) mass is 650 g/mol. The van der Waals surface area contributed by atoms with Crippen LogP contribution in [0.5, 0.6) is 5.75 Å². The molecule has 1 saturated heterocycles. The molecule has 0 spiro atoms. The van der Waals surface area contributed by atoms with Gasteiger partial charge in [0, 0.05) is 23.8 Å². The maximum Gasteiger partial charge on any atom is 0.311 e. The lowest BCUT2D eigenvalue weighted by atomic mass is 9.93. The van der Waals surface area contributed by atoms with Gasteiger partial charge in [0.15, 0.2) is 9.84 Å². The Kier molecular flexibility index (Phi) is 9.50. The van der Waals surface area contributed by atoms with E-state index in [1.54, 1.807) is 67.4 Å². The van der Waals surface area contributed by atoms with Crippen LogP contribution in [-0.4, -0.2) is 56.2 Å². The quantitative estimate of drug-likeness (QED) is 0.210. The fraction of sp³-hybridized carbons (Fsp3) is 0.303. The summed E-state index contributed by atoms with van der Waals surface area (Å²) in [7, 11) is -2.20. The summed E-state index contributed by atoms with van der Waals surface area (Å²) in [5, 5.41) is 5.34. The van der Waals surface area contributed by atoms with Crippen molar-refractivity contribution in [2.75, 3.05) is 37.1 Å². The van der Waals surface area contributed by atoms with E-state index in [0.717, 1.165) is 10.8 Å². The minimum absolute atomic E-state index is 0.0879. The van der Waals surface area contributed by atoms with E-state index in [4.69, 9.17) is 26.8 Å². The van der Waals surface area contributed by atoms with E-state index < -0.39 is 33.8 Å². The summed E-state index contributed by atoms with van der Waals surface area (Å²) in [5.41, 5.74) is 7.63. The van der Waals surface area contributed by atoms with Crippen LogP contribution in [0.3, 0.4) is 0 Å². The van der Waals surface area contributed by atoms with Crippen molar-refractivity contribution in [3.8, 4) is 5.75 Å². The molecule has 1 amide bonds. The smallest absolute Gasteiger partial charge is 0.311 e. The molecule has 1 aliphatic heterocycles. The van der Waals surface area contributed by atoms with Gasteiger partial charge >= 0.3 is 5.97 Å². The second-order valence-electron chi connectivity index (χ2n) is 10.7. The Hall–Kier alpha value is -4.35. The third-order valence-electron chi connectivity index (χ3n) is 8.08. The molecule has 10 nitrogen and oxygen atoms in total. The SMILES string of the molecule is CCOC(=O)[C@H]1CCN(C(=O)[C@H](Nc2ccc3c(N)nccc3c2)c2ccc(Cl)c(OC)c2)[C@H]1c1ccccc1S(=O)(=O)CC. The second-order valence-corrected chi connectivity index (χ2v) is 13.3. The Morgan fingerprint density at radius 3 is 2.62 bits per heavy atom. The summed E-state index contributed by atoms with van der Waals surface area (Å²) in [6.07, 6.45) is 1.91. The number of ether oxygens (including phenoxy) is 2. The Bertz CT molecular complexity index is 1850. The highest BCUT2D eigenvalue weighted by atomic mass is 35.5. The number of carbonyl (C=O) groups excluding carboxylic acids is 2. The topological polar surface area (TPSA) is 141 Å². The van der Waals surface area contributed by atoms with Crippen LogP contribution in [0.1, 0.15) is 43.5 Å². The molecule has 0 radical (unpaired) electrons. The van der Waals surface area contributed by atoms with Crippen molar-refractivity contribution in [3.63, 3.8) is 0 Å². The fourth-order valence-corrected chi connectivity index (χ4v) is 7.19. The third-order valence-corrected chi connectivity index (χ3v) is 10.2. The molecule has 3 N–H and O–H groups in total. The van der Waals surface area contributed by atoms with Gasteiger partial charge in [-0.25, -0.2) is 13.4 Å². The first-order chi connectivity index (χ1) is 21.6. The fourth-order valence-electron chi connectivity index (χ4n) is 5.85. The lowest BCUT2D eigenvalue weighted by Gasteiger charge is -2.33. The van der Waals surface area contributed by atoms with Crippen molar-refractivity contribution in [3.05, 3.63) is 89.1 Å². The highest BCUT2D eigenvalue weighted by Crippen LogP contribution is 2.43. The molecule has 2 heterocycles. The molecule has 0 saturated carbocycles. The van der Waals surface area contributed by atoms with Crippen molar-refractivity contribution in [2.45, 2.75) is 37.2 Å². The molecule has 4 aromatic rings. The zero-order valence-corrected chi connectivity index (χ0v) is 26.8. The first-order valence-electron chi connectivity index (χ1n) is 14.6. The molecule has 3 atom stereocenters. The largest absolute Gasteiger partial charge is 0.495 e. The molecule has 3 aromatic carbocycles. The van der Waals surface area contributed by atoms with Crippen molar-refractivity contribution in [1.29, 1.82) is 0 Å². The van der Waals surface area contributed by atoms with Gasteiger partial charge < -0.3 is 25.4 Å². The number of hydrogen-bond donors (Lipinski definition) is 2. The van der Waals surface area contributed by atoms with E-state index in [-0.39, 0.29) is 29.7 Å². The molecule has 0 bridgehead atoms. The predicted octanol–water partition coefficient (Wildman–Crippen LogP) is 5.58. The van der Waals surface area contributed by atoms with Gasteiger partial charge in [-0.15, -0.1) is 0 Å². The molecule has 0 unspecified atom stereocenters. The van der Waals surface area contributed by atoms with Gasteiger partial charge in [0.2, 0.25) is 5.91 Å². The van der Waals surface area contributed by atoms with E-state index in [2.05, 4.69) is 10.3 Å². The van der Waals surface area contributed by atoms with Gasteiger partial charge in [-0.1, -0.05) is 42.8 Å². The lowest BCUT2D eigenvalue weighted by molar-refractivity contribution is -0.149. The first kappa shape index (κ1) is 32.1. The zero-order valence-electron chi connectivity index (χ0n) is 25.2. The number of rotatable bonds is 10. The summed E-state index contributed by atoms with van der Waals surface area (Å²) in [6.45, 7) is 3.63. The minimum atomic E-state index is -3.69. The third kappa shape index (κ3) is 6.41. The number of fused-ring (bicyclic) bond motifs is 1. The van der Waals surface area contributed by atoms with E-state index in [0.29, 0.717) is 39.8 Å². The average molecular weight is 651 g/mol. The van der Waals surface area contributed by atoms with Crippen LogP contribution >= 0.6 is 11.6 Å². The number of esters is 1. The number of hydrogen-bond acceptors (Lipinski definition) is 9. The number of nitrogens with one attached hydrogen (secondary N) is 1. The normalized spacial score (nSPS) is 17.2. The van der Waals surface area contributed by atoms with Gasteiger partial charge in [0.05, 0.1) is 41.3 Å². The maximum atomic E-state index is 14.8. The van der Waals surface area contributed by atoms with Crippen LogP contribution in [0, 0.1) is 5.92 Å². The van der Waals surface area contributed by atoms with Gasteiger partial charge in [0.1, 0.15) is 17.6 Å². The Balaban J connectivity index is 1.63. The number of halogens is 1. The number of nitrogens with zero attached hydrogens (tertiary/aromatic N) is 2. The molecule has 236 valence electrons. The molecule has 12 heteroatoms. The summed E-state index contributed by atoms with van der Waals surface area (Å²) >= 11 is 6.34. The van der Waals surface area contributed by atoms with Crippen LogP contribution in [-0.2, 0) is 24.2 Å².